The van der Waals surface area contributed by atoms with E-state index in [1.165, 1.54) is 42.9 Å². The molecule has 0 saturated carbocycles. The van der Waals surface area contributed by atoms with Gasteiger partial charge in [0, 0.05) is 30.9 Å². The summed E-state index contributed by atoms with van der Waals surface area (Å²) in [4.78, 5) is 16.5. The molecule has 1 saturated heterocycles. The zero-order valence-corrected chi connectivity index (χ0v) is 23.1. The first-order valence-electron chi connectivity index (χ1n) is 13.7. The Morgan fingerprint density at radius 1 is 0.949 bits per heavy atom. The molecule has 39 heavy (non-hydrogen) atoms. The molecule has 6 rings (SSSR count). The molecular formula is C29H34N6O3S. The van der Waals surface area contributed by atoms with E-state index in [2.05, 4.69) is 14.9 Å². The number of aryl methyl sites for hydroxylation is 1. The molecule has 1 aromatic carbocycles. The number of pyridine rings is 2. The highest BCUT2D eigenvalue weighted by Gasteiger charge is 2.24. The third-order valence-corrected chi connectivity index (χ3v) is 8.75. The Morgan fingerprint density at radius 2 is 1.82 bits per heavy atom. The zero-order chi connectivity index (χ0) is 26.8. The second-order valence-corrected chi connectivity index (χ2v) is 12.3. The minimum absolute atomic E-state index is 0.494. The van der Waals surface area contributed by atoms with Crippen LogP contribution in [0.25, 0.3) is 28.1 Å². The van der Waals surface area contributed by atoms with Crippen LogP contribution in [0.1, 0.15) is 37.7 Å². The van der Waals surface area contributed by atoms with Crippen molar-refractivity contribution >= 4 is 26.9 Å². The third kappa shape index (κ3) is 5.62. The fraction of sp³-hybridized carbons (Fsp3) is 0.414. The first-order chi connectivity index (χ1) is 19.0. The molecule has 0 amide bonds. The Bertz CT molecular complexity index is 1560. The van der Waals surface area contributed by atoms with E-state index in [0.717, 1.165) is 59.5 Å². The smallest absolute Gasteiger partial charge is 0.232 e. The molecule has 5 heterocycles. The molecule has 2 aliphatic rings. The molecule has 4 aromatic rings. The summed E-state index contributed by atoms with van der Waals surface area (Å²) in [7, 11) is -3.35. The average Bonchev–Trinajstić information content (AvgIpc) is 3.38. The third-order valence-electron chi connectivity index (χ3n) is 7.57. The molecule has 0 bridgehead atoms. The normalized spacial score (nSPS) is 16.4. The summed E-state index contributed by atoms with van der Waals surface area (Å²) in [6.07, 6.45) is 11.4. The number of hydrogen-bond acceptors (Lipinski definition) is 7. The number of nitrogens with zero attached hydrogens (tertiary/aromatic N) is 6. The van der Waals surface area contributed by atoms with Gasteiger partial charge in [-0.2, -0.15) is 0 Å². The maximum atomic E-state index is 12.4. The van der Waals surface area contributed by atoms with E-state index in [-0.39, 0.29) is 0 Å². The highest BCUT2D eigenvalue weighted by molar-refractivity contribution is 7.92. The van der Waals surface area contributed by atoms with Crippen molar-refractivity contribution in [3.8, 4) is 22.8 Å². The maximum absolute atomic E-state index is 12.4. The van der Waals surface area contributed by atoms with Gasteiger partial charge in [0.15, 0.2) is 5.65 Å². The maximum Gasteiger partial charge on any atom is 0.232 e. The van der Waals surface area contributed by atoms with Crippen molar-refractivity contribution in [2.24, 2.45) is 0 Å². The molecule has 2 aliphatic heterocycles. The predicted octanol–water partition coefficient (Wildman–Crippen LogP) is 4.45. The highest BCUT2D eigenvalue weighted by Crippen LogP contribution is 2.32. The van der Waals surface area contributed by atoms with Crippen molar-refractivity contribution < 1.29 is 13.2 Å². The Kier molecular flexibility index (Phi) is 7.22. The van der Waals surface area contributed by atoms with Crippen LogP contribution in [0.4, 0.5) is 5.69 Å². The number of rotatable bonds is 8. The van der Waals surface area contributed by atoms with Crippen LogP contribution in [0, 0.1) is 0 Å². The standard InChI is InChI=1S/C29H34N6O3S/c1-39(36,37)35-17-5-7-22-8-10-24(19-27(22)35)34-21-31-26-12-11-25(32-29(26)34)23-9-13-28(30-20-23)38-18-6-16-33-14-3-2-4-15-33/h8-13,19-21H,2-7,14-18H2,1H3. The van der Waals surface area contributed by atoms with Gasteiger partial charge in [-0.1, -0.05) is 12.5 Å². The number of imidazole rings is 1. The fourth-order valence-electron chi connectivity index (χ4n) is 5.53. The quantitative estimate of drug-likeness (QED) is 0.302. The molecule has 10 heteroatoms. The Labute approximate surface area is 229 Å². The van der Waals surface area contributed by atoms with Crippen molar-refractivity contribution in [2.45, 2.75) is 38.5 Å². The summed E-state index contributed by atoms with van der Waals surface area (Å²) < 4.78 is 34.1. The van der Waals surface area contributed by atoms with Crippen LogP contribution in [0.15, 0.2) is 55.0 Å². The van der Waals surface area contributed by atoms with E-state index in [1.54, 1.807) is 12.5 Å². The fourth-order valence-corrected chi connectivity index (χ4v) is 6.52. The number of ether oxygens (including phenoxy) is 1. The van der Waals surface area contributed by atoms with Crippen LogP contribution in [-0.4, -0.2) is 71.9 Å². The molecule has 0 spiro atoms. The monoisotopic (exact) mass is 546 g/mol. The van der Waals surface area contributed by atoms with E-state index in [0.29, 0.717) is 24.7 Å². The summed E-state index contributed by atoms with van der Waals surface area (Å²) >= 11 is 0. The lowest BCUT2D eigenvalue weighted by Gasteiger charge is -2.29. The number of likely N-dealkylation sites (tertiary alicyclic amines) is 1. The molecule has 0 N–H and O–H groups in total. The van der Waals surface area contributed by atoms with Gasteiger partial charge in [-0.15, -0.1) is 0 Å². The van der Waals surface area contributed by atoms with Crippen LogP contribution < -0.4 is 9.04 Å². The topological polar surface area (TPSA) is 93.5 Å². The van der Waals surface area contributed by atoms with Gasteiger partial charge in [0.2, 0.25) is 15.9 Å². The lowest BCUT2D eigenvalue weighted by Crippen LogP contribution is -2.34. The minimum atomic E-state index is -3.35. The Balaban J connectivity index is 1.19. The van der Waals surface area contributed by atoms with Crippen LogP contribution >= 0.6 is 0 Å². The number of sulfonamides is 1. The van der Waals surface area contributed by atoms with Crippen molar-refractivity contribution in [3.63, 3.8) is 0 Å². The van der Waals surface area contributed by atoms with Gasteiger partial charge in [-0.3, -0.25) is 8.87 Å². The van der Waals surface area contributed by atoms with E-state index in [4.69, 9.17) is 9.72 Å². The van der Waals surface area contributed by atoms with Gasteiger partial charge in [0.25, 0.3) is 0 Å². The van der Waals surface area contributed by atoms with Crippen molar-refractivity contribution in [1.82, 2.24) is 24.4 Å². The van der Waals surface area contributed by atoms with Gasteiger partial charge in [0.05, 0.1) is 29.9 Å². The predicted molar refractivity (Wildman–Crippen MR) is 153 cm³/mol. The first-order valence-corrected chi connectivity index (χ1v) is 15.6. The summed E-state index contributed by atoms with van der Waals surface area (Å²) in [5.74, 6) is 0.619. The molecule has 204 valence electrons. The van der Waals surface area contributed by atoms with E-state index in [9.17, 15) is 8.42 Å². The zero-order valence-electron chi connectivity index (χ0n) is 22.3. The van der Waals surface area contributed by atoms with E-state index >= 15 is 0 Å². The van der Waals surface area contributed by atoms with Gasteiger partial charge in [-0.05, 0) is 81.1 Å². The largest absolute Gasteiger partial charge is 0.478 e. The summed E-state index contributed by atoms with van der Waals surface area (Å²) in [5.41, 5.74) is 5.72. The summed E-state index contributed by atoms with van der Waals surface area (Å²) in [6, 6.07) is 13.7. The molecule has 3 aromatic heterocycles. The molecule has 0 radical (unpaired) electrons. The van der Waals surface area contributed by atoms with Gasteiger partial charge in [-0.25, -0.2) is 23.4 Å². The van der Waals surface area contributed by atoms with Crippen LogP contribution in [-0.2, 0) is 16.4 Å². The average molecular weight is 547 g/mol. The molecular weight excluding hydrogens is 512 g/mol. The lowest BCUT2D eigenvalue weighted by atomic mass is 10.0. The van der Waals surface area contributed by atoms with Gasteiger partial charge in [0.1, 0.15) is 11.8 Å². The number of anilines is 1. The van der Waals surface area contributed by atoms with Crippen LogP contribution in [0.3, 0.4) is 0 Å². The number of fused-ring (bicyclic) bond motifs is 2. The number of aromatic nitrogens is 4. The number of piperidine rings is 1. The van der Waals surface area contributed by atoms with Gasteiger partial charge >= 0.3 is 0 Å². The van der Waals surface area contributed by atoms with E-state index < -0.39 is 10.0 Å². The number of benzene rings is 1. The van der Waals surface area contributed by atoms with Crippen LogP contribution in [0.5, 0.6) is 5.88 Å². The molecule has 0 aliphatic carbocycles. The minimum Gasteiger partial charge on any atom is -0.478 e. The highest BCUT2D eigenvalue weighted by atomic mass is 32.2. The summed E-state index contributed by atoms with van der Waals surface area (Å²) in [6.45, 7) is 4.63. The SMILES string of the molecule is CS(=O)(=O)N1CCCc2ccc(-n3cnc4ccc(-c5ccc(OCCCN6CCCCC6)nc5)nc43)cc21. The number of hydrogen-bond donors (Lipinski definition) is 0. The lowest BCUT2D eigenvalue weighted by molar-refractivity contribution is 0.203. The van der Waals surface area contributed by atoms with Gasteiger partial charge < -0.3 is 9.64 Å². The second kappa shape index (κ2) is 10.9. The molecule has 1 fully saturated rings. The van der Waals surface area contributed by atoms with Crippen LogP contribution in [0.2, 0.25) is 0 Å². The van der Waals surface area contributed by atoms with Crippen molar-refractivity contribution in [2.75, 3.05) is 43.3 Å². The Morgan fingerprint density at radius 3 is 2.62 bits per heavy atom. The molecule has 0 unspecified atom stereocenters. The Hall–Kier alpha value is -3.50. The van der Waals surface area contributed by atoms with Crippen molar-refractivity contribution in [3.05, 3.63) is 60.6 Å². The first kappa shape index (κ1) is 25.8. The second-order valence-electron chi connectivity index (χ2n) is 10.4. The molecule has 0 atom stereocenters. The summed E-state index contributed by atoms with van der Waals surface area (Å²) in [5, 5.41) is 0. The van der Waals surface area contributed by atoms with Crippen molar-refractivity contribution in [1.29, 1.82) is 0 Å². The van der Waals surface area contributed by atoms with E-state index in [1.807, 2.05) is 47.0 Å². The molecule has 9 nitrogen and oxygen atoms in total.